The molecule has 0 fully saturated rings. The number of aryl methyl sites for hydroxylation is 1. The minimum Gasteiger partial charge on any atom is -0.459 e. The third kappa shape index (κ3) is 4.60. The first-order valence-corrected chi connectivity index (χ1v) is 10.9. The predicted octanol–water partition coefficient (Wildman–Crippen LogP) is 3.42. The first-order valence-electron chi connectivity index (χ1n) is 8.29. The molecular weight excluding hydrogens is 446 g/mol. The number of fused-ring (bicyclic) bond motifs is 1. The fourth-order valence-electron chi connectivity index (χ4n) is 2.69. The molecule has 0 aliphatic heterocycles. The smallest absolute Gasteiger partial charge is 0.260 e. The molecule has 0 atom stereocenters. The fraction of sp³-hybridized carbons (Fsp3) is 0.158. The van der Waals surface area contributed by atoms with E-state index >= 15 is 0 Å². The van der Waals surface area contributed by atoms with Crippen molar-refractivity contribution < 1.29 is 17.6 Å². The summed E-state index contributed by atoms with van der Waals surface area (Å²) in [4.78, 5) is 12.3. The first kappa shape index (κ1) is 20.1. The third-order valence-corrected chi connectivity index (χ3v) is 5.89. The van der Waals surface area contributed by atoms with Crippen LogP contribution in [0.25, 0.3) is 10.8 Å². The van der Waals surface area contributed by atoms with Crippen LogP contribution in [0.5, 0.6) is 0 Å². The van der Waals surface area contributed by atoms with Crippen LogP contribution >= 0.6 is 15.9 Å². The minimum atomic E-state index is -3.69. The molecule has 0 unspecified atom stereocenters. The molecule has 0 bridgehead atoms. The van der Waals surface area contributed by atoms with Crippen LogP contribution in [0.4, 0.5) is 5.69 Å². The topological polar surface area (TPSA) is 92.0 Å². The van der Waals surface area contributed by atoms with Gasteiger partial charge < -0.3 is 4.42 Å². The molecule has 2 aromatic carbocycles. The van der Waals surface area contributed by atoms with Gasteiger partial charge in [-0.15, -0.1) is 0 Å². The van der Waals surface area contributed by atoms with E-state index in [1.54, 1.807) is 25.1 Å². The van der Waals surface area contributed by atoms with Gasteiger partial charge in [-0.3, -0.25) is 9.10 Å². The molecule has 0 radical (unpaired) electrons. The molecular formula is C19H18BrN3O4S. The number of furan rings is 1. The summed E-state index contributed by atoms with van der Waals surface area (Å²) in [5.74, 6) is 0.572. The number of halogens is 1. The van der Waals surface area contributed by atoms with E-state index in [0.29, 0.717) is 17.2 Å². The summed E-state index contributed by atoms with van der Waals surface area (Å²) in [5.41, 5.74) is 2.76. The van der Waals surface area contributed by atoms with Crippen LogP contribution in [0.2, 0.25) is 0 Å². The number of nitrogens with zero attached hydrogens (tertiary/aromatic N) is 2. The van der Waals surface area contributed by atoms with Crippen molar-refractivity contribution in [1.29, 1.82) is 0 Å². The Labute approximate surface area is 171 Å². The molecule has 0 aliphatic rings. The highest BCUT2D eigenvalue weighted by atomic mass is 79.9. The molecule has 146 valence electrons. The number of anilines is 1. The summed E-state index contributed by atoms with van der Waals surface area (Å²) in [6, 6.07) is 14.4. The van der Waals surface area contributed by atoms with Crippen molar-refractivity contribution in [2.24, 2.45) is 5.10 Å². The zero-order chi connectivity index (χ0) is 20.3. The van der Waals surface area contributed by atoms with Gasteiger partial charge in [0.2, 0.25) is 10.0 Å². The van der Waals surface area contributed by atoms with E-state index < -0.39 is 22.5 Å². The van der Waals surface area contributed by atoms with Gasteiger partial charge in [-0.2, -0.15) is 5.10 Å². The van der Waals surface area contributed by atoms with Crippen LogP contribution in [0, 0.1) is 6.92 Å². The molecule has 3 aromatic rings. The zero-order valence-corrected chi connectivity index (χ0v) is 17.6. The summed E-state index contributed by atoms with van der Waals surface area (Å²) >= 11 is 3.32. The summed E-state index contributed by atoms with van der Waals surface area (Å²) in [5, 5.41) is 5.45. The number of nitrogens with one attached hydrogen (secondary N) is 1. The quantitative estimate of drug-likeness (QED) is 0.447. The number of hydrogen-bond acceptors (Lipinski definition) is 5. The van der Waals surface area contributed by atoms with Crippen molar-refractivity contribution in [3.05, 3.63) is 64.5 Å². The van der Waals surface area contributed by atoms with E-state index in [1.165, 1.54) is 6.21 Å². The second kappa shape index (κ2) is 8.15. The molecule has 7 nitrogen and oxygen atoms in total. The van der Waals surface area contributed by atoms with E-state index in [1.807, 2.05) is 30.3 Å². The van der Waals surface area contributed by atoms with Crippen molar-refractivity contribution in [3.8, 4) is 0 Å². The number of hydrogen-bond donors (Lipinski definition) is 1. The van der Waals surface area contributed by atoms with Gasteiger partial charge in [-0.25, -0.2) is 13.8 Å². The monoisotopic (exact) mass is 463 g/mol. The lowest BCUT2D eigenvalue weighted by molar-refractivity contribution is -0.119. The van der Waals surface area contributed by atoms with Gasteiger partial charge in [-0.05, 0) is 34.3 Å². The van der Waals surface area contributed by atoms with Crippen LogP contribution in [-0.4, -0.2) is 33.3 Å². The lowest BCUT2D eigenvalue weighted by Gasteiger charge is -2.23. The van der Waals surface area contributed by atoms with Gasteiger partial charge in [0.1, 0.15) is 18.1 Å². The number of carbonyl (C=O) groups excluding carboxylic acids is 1. The third-order valence-electron chi connectivity index (χ3n) is 3.98. The summed E-state index contributed by atoms with van der Waals surface area (Å²) in [6.07, 6.45) is 2.41. The maximum atomic E-state index is 12.3. The lowest BCUT2D eigenvalue weighted by Crippen LogP contribution is -2.39. The first-order chi connectivity index (χ1) is 13.3. The van der Waals surface area contributed by atoms with Crippen LogP contribution in [-0.2, 0) is 14.8 Å². The highest BCUT2D eigenvalue weighted by Crippen LogP contribution is 2.28. The number of carbonyl (C=O) groups is 1. The van der Waals surface area contributed by atoms with Gasteiger partial charge in [0.25, 0.3) is 5.91 Å². The second-order valence-electron chi connectivity index (χ2n) is 6.11. The van der Waals surface area contributed by atoms with Gasteiger partial charge in [0, 0.05) is 11.5 Å². The molecule has 1 amide bonds. The highest BCUT2D eigenvalue weighted by Gasteiger charge is 2.22. The zero-order valence-electron chi connectivity index (χ0n) is 15.2. The van der Waals surface area contributed by atoms with Crippen molar-refractivity contribution in [1.82, 2.24) is 5.43 Å². The molecule has 1 N–H and O–H groups in total. The molecule has 1 heterocycles. The van der Waals surface area contributed by atoms with E-state index in [-0.39, 0.29) is 0 Å². The Morgan fingerprint density at radius 1 is 1.25 bits per heavy atom. The Morgan fingerprint density at radius 2 is 1.96 bits per heavy atom. The number of amides is 1. The molecule has 0 spiro atoms. The Bertz CT molecular complexity index is 1130. The molecule has 28 heavy (non-hydrogen) atoms. The van der Waals surface area contributed by atoms with Gasteiger partial charge in [-0.1, -0.05) is 36.4 Å². The van der Waals surface area contributed by atoms with Gasteiger partial charge in [0.05, 0.1) is 22.6 Å². The van der Waals surface area contributed by atoms with Crippen molar-refractivity contribution in [2.75, 3.05) is 17.1 Å². The SMILES string of the molecule is Cc1oc(/C=N\NC(=O)CN(c2cccc3ccccc23)S(C)(=O)=O)cc1Br. The number of sulfonamides is 1. The Morgan fingerprint density at radius 3 is 2.64 bits per heavy atom. The number of benzene rings is 2. The van der Waals surface area contributed by atoms with Crippen LogP contribution in [0.1, 0.15) is 11.5 Å². The Kier molecular flexibility index (Phi) is 5.85. The van der Waals surface area contributed by atoms with E-state index in [4.69, 9.17) is 4.42 Å². The normalized spacial score (nSPS) is 11.8. The summed E-state index contributed by atoms with van der Waals surface area (Å²) in [6.45, 7) is 1.39. The number of rotatable bonds is 6. The molecule has 0 saturated carbocycles. The van der Waals surface area contributed by atoms with Crippen LogP contribution in [0.15, 0.2) is 62.5 Å². The summed E-state index contributed by atoms with van der Waals surface area (Å²) in [7, 11) is -3.69. The summed E-state index contributed by atoms with van der Waals surface area (Å²) < 4.78 is 31.9. The minimum absolute atomic E-state index is 0.398. The molecule has 0 saturated heterocycles. The van der Waals surface area contributed by atoms with E-state index in [2.05, 4.69) is 26.5 Å². The maximum Gasteiger partial charge on any atom is 0.260 e. The predicted molar refractivity (Wildman–Crippen MR) is 113 cm³/mol. The maximum absolute atomic E-state index is 12.3. The lowest BCUT2D eigenvalue weighted by atomic mass is 10.1. The molecule has 1 aromatic heterocycles. The molecule has 0 aliphatic carbocycles. The standard InChI is InChI=1S/C19H18BrN3O4S/c1-13-17(20)10-15(27-13)11-21-22-19(24)12-23(28(2,25)26)18-9-5-7-14-6-3-4-8-16(14)18/h3-11H,12H2,1-2H3,(H,22,24)/b21-11-. The van der Waals surface area contributed by atoms with Crippen molar-refractivity contribution >= 4 is 54.5 Å². The van der Waals surface area contributed by atoms with Gasteiger partial charge in [0.15, 0.2) is 0 Å². The van der Waals surface area contributed by atoms with E-state index in [0.717, 1.165) is 25.8 Å². The average molecular weight is 464 g/mol. The van der Waals surface area contributed by atoms with Crippen LogP contribution < -0.4 is 9.73 Å². The van der Waals surface area contributed by atoms with Crippen molar-refractivity contribution in [3.63, 3.8) is 0 Å². The number of hydrazone groups is 1. The second-order valence-corrected chi connectivity index (χ2v) is 8.88. The van der Waals surface area contributed by atoms with Gasteiger partial charge >= 0.3 is 0 Å². The molecule has 3 rings (SSSR count). The largest absolute Gasteiger partial charge is 0.459 e. The van der Waals surface area contributed by atoms with Crippen LogP contribution in [0.3, 0.4) is 0 Å². The fourth-order valence-corrected chi connectivity index (χ4v) is 3.86. The van der Waals surface area contributed by atoms with Crippen molar-refractivity contribution in [2.45, 2.75) is 6.92 Å². The Balaban J connectivity index is 1.80. The Hall–Kier alpha value is -2.65. The molecule has 9 heteroatoms. The highest BCUT2D eigenvalue weighted by molar-refractivity contribution is 9.10. The average Bonchev–Trinajstić information content (AvgIpc) is 2.96. The van der Waals surface area contributed by atoms with E-state index in [9.17, 15) is 13.2 Å².